The van der Waals surface area contributed by atoms with Crippen LogP contribution in [0.1, 0.15) is 22.9 Å². The zero-order valence-corrected chi connectivity index (χ0v) is 17.6. The minimum Gasteiger partial charge on any atom is -0.469 e. The maximum atomic E-state index is 14.7. The van der Waals surface area contributed by atoms with E-state index in [2.05, 4.69) is 4.99 Å². The van der Waals surface area contributed by atoms with Crippen LogP contribution in [-0.2, 0) is 21.6 Å². The summed E-state index contributed by atoms with van der Waals surface area (Å²) in [5, 5.41) is 31.6. The smallest absolute Gasteiger partial charge is 0.228 e. The highest BCUT2D eigenvalue weighted by Crippen LogP contribution is 2.45. The Bertz CT molecular complexity index is 1130. The van der Waals surface area contributed by atoms with E-state index in [-0.39, 0.29) is 11.7 Å². The SMILES string of the molecule is CC1=NC2(c3ccc(F)c(Cc4cc5ccccc5s4)c3)O[C@H](CO)[C@@H](O)[C@H](O)C2O1. The molecule has 8 heteroatoms. The number of hydrogen-bond acceptors (Lipinski definition) is 7. The van der Waals surface area contributed by atoms with Crippen LogP contribution in [0.3, 0.4) is 0 Å². The number of aliphatic imine (C=N–C) groups is 1. The highest BCUT2D eigenvalue weighted by atomic mass is 32.1. The number of thiophene rings is 1. The van der Waals surface area contributed by atoms with Crippen LogP contribution in [-0.4, -0.2) is 52.2 Å². The molecule has 5 rings (SSSR count). The van der Waals surface area contributed by atoms with E-state index in [1.54, 1.807) is 30.4 Å². The number of rotatable bonds is 4. The van der Waals surface area contributed by atoms with Crippen LogP contribution < -0.4 is 0 Å². The molecule has 2 unspecified atom stereocenters. The van der Waals surface area contributed by atoms with Crippen molar-refractivity contribution < 1.29 is 29.2 Å². The fourth-order valence-corrected chi connectivity index (χ4v) is 5.46. The average Bonchev–Trinajstić information content (AvgIpc) is 3.32. The number of nitrogens with zero attached hydrogens (tertiary/aromatic N) is 1. The summed E-state index contributed by atoms with van der Waals surface area (Å²) in [6.07, 6.45) is -4.34. The Balaban J connectivity index is 1.55. The molecule has 2 aromatic carbocycles. The van der Waals surface area contributed by atoms with Gasteiger partial charge in [0.05, 0.1) is 6.61 Å². The molecule has 1 fully saturated rings. The maximum Gasteiger partial charge on any atom is 0.228 e. The quantitative estimate of drug-likeness (QED) is 0.577. The van der Waals surface area contributed by atoms with Gasteiger partial charge in [-0.05, 0) is 35.2 Å². The molecule has 162 valence electrons. The van der Waals surface area contributed by atoms with Crippen LogP contribution in [0.25, 0.3) is 10.1 Å². The number of halogens is 1. The van der Waals surface area contributed by atoms with Crippen molar-refractivity contribution in [2.45, 2.75) is 43.5 Å². The van der Waals surface area contributed by atoms with Crippen molar-refractivity contribution in [2.24, 2.45) is 4.99 Å². The zero-order chi connectivity index (χ0) is 21.8. The summed E-state index contributed by atoms with van der Waals surface area (Å²) in [6.45, 7) is 1.12. The van der Waals surface area contributed by atoms with Crippen LogP contribution >= 0.6 is 11.3 Å². The Morgan fingerprint density at radius 1 is 1.13 bits per heavy atom. The van der Waals surface area contributed by atoms with Gasteiger partial charge in [-0.15, -0.1) is 11.3 Å². The third-order valence-electron chi connectivity index (χ3n) is 5.86. The third kappa shape index (κ3) is 3.35. The first-order valence-electron chi connectivity index (χ1n) is 10.1. The second-order valence-electron chi connectivity index (χ2n) is 7.92. The molecule has 3 N–H and O–H groups in total. The molecular formula is C23H22FNO5S. The first-order chi connectivity index (χ1) is 14.9. The minimum absolute atomic E-state index is 0.283. The van der Waals surface area contributed by atoms with Gasteiger partial charge in [-0.3, -0.25) is 0 Å². The van der Waals surface area contributed by atoms with Gasteiger partial charge >= 0.3 is 0 Å². The number of aliphatic hydroxyl groups is 3. The Kier molecular flexibility index (Phi) is 5.07. The molecule has 0 bridgehead atoms. The van der Waals surface area contributed by atoms with E-state index in [1.807, 2.05) is 30.3 Å². The van der Waals surface area contributed by atoms with Crippen LogP contribution in [0, 0.1) is 5.82 Å². The molecule has 0 spiro atoms. The van der Waals surface area contributed by atoms with Crippen molar-refractivity contribution in [1.29, 1.82) is 0 Å². The van der Waals surface area contributed by atoms with Gasteiger partial charge in [-0.2, -0.15) is 0 Å². The first-order valence-corrected chi connectivity index (χ1v) is 10.9. The first kappa shape index (κ1) is 20.5. The Morgan fingerprint density at radius 2 is 1.94 bits per heavy atom. The van der Waals surface area contributed by atoms with Gasteiger partial charge in [0.2, 0.25) is 5.72 Å². The summed E-state index contributed by atoms with van der Waals surface area (Å²) >= 11 is 1.61. The van der Waals surface area contributed by atoms with E-state index in [0.717, 1.165) is 15.0 Å². The number of benzene rings is 2. The molecule has 1 saturated heterocycles. The molecular weight excluding hydrogens is 421 g/mol. The fourth-order valence-electron chi connectivity index (χ4n) is 4.37. The standard InChI is InChI=1S/C23H22FNO5S/c1-12-25-23(22(29-12)21(28)20(27)18(11-26)30-23)15-6-7-17(24)14(8-15)10-16-9-13-4-2-3-5-19(13)31-16/h2-9,18,20-22,26-28H,10-11H2,1H3/t18-,20-,21+,22?,23?/m1/s1. The van der Waals surface area contributed by atoms with Gasteiger partial charge < -0.3 is 24.8 Å². The van der Waals surface area contributed by atoms with Gasteiger partial charge in [-0.25, -0.2) is 9.38 Å². The van der Waals surface area contributed by atoms with Crippen LogP contribution in [0.2, 0.25) is 0 Å². The number of ether oxygens (including phenoxy) is 2. The normalized spacial score (nSPS) is 30.2. The number of fused-ring (bicyclic) bond motifs is 2. The summed E-state index contributed by atoms with van der Waals surface area (Å²) in [5.41, 5.74) is -0.517. The van der Waals surface area contributed by atoms with Gasteiger partial charge in [0.1, 0.15) is 24.1 Å². The summed E-state index contributed by atoms with van der Waals surface area (Å²) in [4.78, 5) is 5.49. The molecule has 0 radical (unpaired) electrons. The minimum atomic E-state index is -1.47. The molecule has 2 aliphatic heterocycles. The van der Waals surface area contributed by atoms with Crippen molar-refractivity contribution in [3.63, 3.8) is 0 Å². The molecule has 1 aromatic heterocycles. The van der Waals surface area contributed by atoms with Crippen molar-refractivity contribution in [3.8, 4) is 0 Å². The largest absolute Gasteiger partial charge is 0.469 e. The van der Waals surface area contributed by atoms with Crippen LogP contribution in [0.15, 0.2) is 53.5 Å². The molecule has 2 aliphatic rings. The van der Waals surface area contributed by atoms with E-state index in [1.165, 1.54) is 6.07 Å². The molecule has 3 heterocycles. The summed E-state index contributed by atoms with van der Waals surface area (Å²) < 4.78 is 27.5. The van der Waals surface area contributed by atoms with Crippen LogP contribution in [0.4, 0.5) is 4.39 Å². The molecule has 6 nitrogen and oxygen atoms in total. The lowest BCUT2D eigenvalue weighted by Crippen LogP contribution is -2.61. The van der Waals surface area contributed by atoms with Gasteiger partial charge in [-0.1, -0.05) is 24.3 Å². The van der Waals surface area contributed by atoms with Gasteiger partial charge in [0, 0.05) is 28.5 Å². The second kappa shape index (κ2) is 7.65. The lowest BCUT2D eigenvalue weighted by Gasteiger charge is -2.44. The highest BCUT2D eigenvalue weighted by molar-refractivity contribution is 7.19. The highest BCUT2D eigenvalue weighted by Gasteiger charge is 2.59. The maximum absolute atomic E-state index is 14.7. The topological polar surface area (TPSA) is 91.5 Å². The fraction of sp³-hybridized carbons (Fsp3) is 0.348. The molecule has 3 aromatic rings. The molecule has 0 saturated carbocycles. The molecule has 0 amide bonds. The molecule has 5 atom stereocenters. The lowest BCUT2D eigenvalue weighted by molar-refractivity contribution is -0.262. The van der Waals surface area contributed by atoms with Gasteiger partial charge in [0.25, 0.3) is 0 Å². The third-order valence-corrected chi connectivity index (χ3v) is 6.98. The Labute approximate surface area is 182 Å². The van der Waals surface area contributed by atoms with Gasteiger partial charge in [0.15, 0.2) is 12.0 Å². The van der Waals surface area contributed by atoms with E-state index in [0.29, 0.717) is 17.5 Å². The second-order valence-corrected chi connectivity index (χ2v) is 9.09. The van der Waals surface area contributed by atoms with E-state index in [9.17, 15) is 19.7 Å². The zero-order valence-electron chi connectivity index (χ0n) is 16.7. The van der Waals surface area contributed by atoms with Crippen LogP contribution in [0.5, 0.6) is 0 Å². The van der Waals surface area contributed by atoms with Crippen molar-refractivity contribution in [1.82, 2.24) is 0 Å². The van der Waals surface area contributed by atoms with Crippen molar-refractivity contribution in [2.75, 3.05) is 6.61 Å². The lowest BCUT2D eigenvalue weighted by atomic mass is 9.85. The van der Waals surface area contributed by atoms with Crippen molar-refractivity contribution in [3.05, 3.63) is 70.4 Å². The number of aliphatic hydroxyl groups excluding tert-OH is 3. The summed E-state index contributed by atoms with van der Waals surface area (Å²) in [7, 11) is 0. The predicted octanol–water partition coefficient (Wildman–Crippen LogP) is 2.71. The van der Waals surface area contributed by atoms with Crippen molar-refractivity contribution >= 4 is 27.3 Å². The van der Waals surface area contributed by atoms with E-state index >= 15 is 0 Å². The average molecular weight is 443 g/mol. The number of hydrogen-bond donors (Lipinski definition) is 3. The predicted molar refractivity (Wildman–Crippen MR) is 115 cm³/mol. The molecule has 31 heavy (non-hydrogen) atoms. The monoisotopic (exact) mass is 443 g/mol. The summed E-state index contributed by atoms with van der Waals surface area (Å²) in [5.74, 6) is -0.0749. The Hall–Kier alpha value is -2.36. The summed E-state index contributed by atoms with van der Waals surface area (Å²) in [6, 6.07) is 14.6. The van der Waals surface area contributed by atoms with E-state index in [4.69, 9.17) is 9.47 Å². The Morgan fingerprint density at radius 3 is 2.71 bits per heavy atom. The van der Waals surface area contributed by atoms with E-state index < -0.39 is 36.7 Å². The molecule has 0 aliphatic carbocycles.